The molecule has 2 rings (SSSR count). The summed E-state index contributed by atoms with van der Waals surface area (Å²) < 4.78 is 27.3. The standard InChI is InChI=1S/C13H14BrClN2O2S2/c1-8-4-5-11(20-8)9(2)17(3)21(18,19)12-6-10(14)7-16-13(12)15/h4-7,9H,1-3H3. The van der Waals surface area contributed by atoms with Crippen LogP contribution in [0.25, 0.3) is 0 Å². The van der Waals surface area contributed by atoms with E-state index in [9.17, 15) is 8.42 Å². The average Bonchev–Trinajstić information content (AvgIpc) is 2.86. The van der Waals surface area contributed by atoms with Crippen LogP contribution in [-0.4, -0.2) is 24.8 Å². The van der Waals surface area contributed by atoms with E-state index in [0.29, 0.717) is 4.47 Å². The summed E-state index contributed by atoms with van der Waals surface area (Å²) in [5, 5.41) is -0.0281. The van der Waals surface area contributed by atoms with Crippen LogP contribution >= 0.6 is 38.9 Å². The number of halogens is 2. The van der Waals surface area contributed by atoms with Crippen molar-refractivity contribution in [1.29, 1.82) is 0 Å². The third-order valence-corrected chi connectivity index (χ3v) is 7.11. The number of nitrogens with zero attached hydrogens (tertiary/aromatic N) is 2. The van der Waals surface area contributed by atoms with Crippen molar-refractivity contribution in [3.8, 4) is 0 Å². The van der Waals surface area contributed by atoms with Crippen molar-refractivity contribution >= 4 is 48.9 Å². The lowest BCUT2D eigenvalue weighted by molar-refractivity contribution is 0.402. The van der Waals surface area contributed by atoms with Gasteiger partial charge in [0.25, 0.3) is 0 Å². The molecule has 8 heteroatoms. The van der Waals surface area contributed by atoms with E-state index in [1.54, 1.807) is 18.4 Å². The van der Waals surface area contributed by atoms with Crippen molar-refractivity contribution in [1.82, 2.24) is 9.29 Å². The summed E-state index contributed by atoms with van der Waals surface area (Å²) in [6.45, 7) is 3.84. The van der Waals surface area contributed by atoms with Crippen LogP contribution in [-0.2, 0) is 10.0 Å². The molecular formula is C13H14BrClN2O2S2. The quantitative estimate of drug-likeness (QED) is 0.709. The van der Waals surface area contributed by atoms with Crippen LogP contribution in [0.1, 0.15) is 22.7 Å². The van der Waals surface area contributed by atoms with Gasteiger partial charge in [-0.05, 0) is 48.0 Å². The molecule has 4 nitrogen and oxygen atoms in total. The number of pyridine rings is 1. The summed E-state index contributed by atoms with van der Waals surface area (Å²) in [4.78, 5) is 6.01. The zero-order valence-electron chi connectivity index (χ0n) is 11.7. The van der Waals surface area contributed by atoms with Crippen molar-refractivity contribution in [3.05, 3.63) is 43.8 Å². The molecule has 2 aromatic rings. The number of sulfonamides is 1. The second kappa shape index (κ2) is 6.34. The first-order valence-corrected chi connectivity index (χ1v) is 9.51. The summed E-state index contributed by atoms with van der Waals surface area (Å²) in [6.07, 6.45) is 1.47. The van der Waals surface area contributed by atoms with Gasteiger partial charge < -0.3 is 0 Å². The van der Waals surface area contributed by atoms with Gasteiger partial charge in [-0.15, -0.1) is 11.3 Å². The van der Waals surface area contributed by atoms with E-state index < -0.39 is 10.0 Å². The van der Waals surface area contributed by atoms with Gasteiger partial charge in [-0.25, -0.2) is 13.4 Å². The molecule has 21 heavy (non-hydrogen) atoms. The lowest BCUT2D eigenvalue weighted by Crippen LogP contribution is -2.29. The minimum Gasteiger partial charge on any atom is -0.242 e. The predicted octanol–water partition coefficient (Wildman–Crippen LogP) is 4.25. The maximum atomic E-state index is 12.7. The van der Waals surface area contributed by atoms with Gasteiger partial charge in [0.1, 0.15) is 10.0 Å². The molecule has 1 unspecified atom stereocenters. The summed E-state index contributed by atoms with van der Waals surface area (Å²) in [5.74, 6) is 0. The SMILES string of the molecule is Cc1ccc(C(C)N(C)S(=O)(=O)c2cc(Br)cnc2Cl)s1. The van der Waals surface area contributed by atoms with E-state index in [-0.39, 0.29) is 16.1 Å². The monoisotopic (exact) mass is 408 g/mol. The van der Waals surface area contributed by atoms with Crippen molar-refractivity contribution in [2.45, 2.75) is 24.8 Å². The smallest absolute Gasteiger partial charge is 0.242 e. The van der Waals surface area contributed by atoms with Crippen molar-refractivity contribution in [2.75, 3.05) is 7.05 Å². The zero-order valence-corrected chi connectivity index (χ0v) is 15.6. The first-order valence-electron chi connectivity index (χ1n) is 6.09. The molecule has 0 fully saturated rings. The largest absolute Gasteiger partial charge is 0.246 e. The Bertz CT molecular complexity index is 761. The molecule has 1 atom stereocenters. The van der Waals surface area contributed by atoms with Crippen LogP contribution in [0.3, 0.4) is 0 Å². The minimum atomic E-state index is -3.71. The molecule has 0 saturated heterocycles. The third kappa shape index (κ3) is 3.48. The van der Waals surface area contributed by atoms with Crippen molar-refractivity contribution in [2.24, 2.45) is 0 Å². The minimum absolute atomic E-state index is 0.00108. The highest BCUT2D eigenvalue weighted by Gasteiger charge is 2.29. The highest BCUT2D eigenvalue weighted by molar-refractivity contribution is 9.10. The highest BCUT2D eigenvalue weighted by atomic mass is 79.9. The van der Waals surface area contributed by atoms with Crippen LogP contribution in [0.4, 0.5) is 0 Å². The van der Waals surface area contributed by atoms with Crippen LogP contribution in [0, 0.1) is 6.92 Å². The molecular weight excluding hydrogens is 396 g/mol. The fourth-order valence-corrected chi connectivity index (χ4v) is 5.10. The Balaban J connectivity index is 2.41. The molecule has 0 aliphatic carbocycles. The molecule has 2 heterocycles. The third-order valence-electron chi connectivity index (χ3n) is 3.15. The zero-order chi connectivity index (χ0) is 15.8. The van der Waals surface area contributed by atoms with E-state index in [1.165, 1.54) is 16.6 Å². The summed E-state index contributed by atoms with van der Waals surface area (Å²) >= 11 is 10.7. The Morgan fingerprint density at radius 2 is 2.10 bits per heavy atom. The maximum Gasteiger partial charge on any atom is 0.246 e. The Kier molecular flexibility index (Phi) is 5.10. The van der Waals surface area contributed by atoms with Crippen LogP contribution in [0.15, 0.2) is 33.8 Å². The number of rotatable bonds is 4. The molecule has 0 N–H and O–H groups in total. The van der Waals surface area contributed by atoms with Crippen LogP contribution in [0.5, 0.6) is 0 Å². The maximum absolute atomic E-state index is 12.7. The van der Waals surface area contributed by atoms with Gasteiger partial charge in [-0.3, -0.25) is 0 Å². The Morgan fingerprint density at radius 3 is 2.67 bits per heavy atom. The van der Waals surface area contributed by atoms with E-state index in [2.05, 4.69) is 20.9 Å². The predicted molar refractivity (Wildman–Crippen MR) is 89.4 cm³/mol. The highest BCUT2D eigenvalue weighted by Crippen LogP contribution is 2.32. The van der Waals surface area contributed by atoms with Gasteiger partial charge in [-0.1, -0.05) is 11.6 Å². The first kappa shape index (κ1) is 16.9. The molecule has 0 radical (unpaired) electrons. The summed E-state index contributed by atoms with van der Waals surface area (Å²) in [5.41, 5.74) is 0. The average molecular weight is 410 g/mol. The van der Waals surface area contributed by atoms with E-state index in [1.807, 2.05) is 26.0 Å². The van der Waals surface area contributed by atoms with Crippen LogP contribution < -0.4 is 0 Å². The first-order chi connectivity index (χ1) is 9.73. The van der Waals surface area contributed by atoms with Gasteiger partial charge in [0.15, 0.2) is 0 Å². The number of hydrogen-bond acceptors (Lipinski definition) is 4. The molecule has 0 aliphatic heterocycles. The Labute approximate surface area is 141 Å². The molecule has 0 aromatic carbocycles. The second-order valence-corrected chi connectivity index (χ2v) is 9.15. The van der Waals surface area contributed by atoms with E-state index in [4.69, 9.17) is 11.6 Å². The Morgan fingerprint density at radius 1 is 1.43 bits per heavy atom. The second-order valence-electron chi connectivity index (χ2n) is 4.59. The Hall–Kier alpha value is -0.470. The molecule has 2 aromatic heterocycles. The van der Waals surface area contributed by atoms with E-state index in [0.717, 1.165) is 9.75 Å². The van der Waals surface area contributed by atoms with Gasteiger partial charge in [-0.2, -0.15) is 4.31 Å². The van der Waals surface area contributed by atoms with E-state index >= 15 is 0 Å². The molecule has 114 valence electrons. The number of hydrogen-bond donors (Lipinski definition) is 0. The molecule has 0 amide bonds. The topological polar surface area (TPSA) is 50.3 Å². The normalized spacial score (nSPS) is 13.6. The van der Waals surface area contributed by atoms with Gasteiger partial charge >= 0.3 is 0 Å². The summed E-state index contributed by atoms with van der Waals surface area (Å²) in [6, 6.07) is 5.11. The molecule has 0 spiro atoms. The summed E-state index contributed by atoms with van der Waals surface area (Å²) in [7, 11) is -2.17. The van der Waals surface area contributed by atoms with Gasteiger partial charge in [0.05, 0.1) is 6.04 Å². The molecule has 0 saturated carbocycles. The fourth-order valence-electron chi connectivity index (χ4n) is 1.81. The lowest BCUT2D eigenvalue weighted by Gasteiger charge is -2.23. The van der Waals surface area contributed by atoms with Gasteiger partial charge in [0.2, 0.25) is 10.0 Å². The number of aromatic nitrogens is 1. The van der Waals surface area contributed by atoms with Crippen molar-refractivity contribution in [3.63, 3.8) is 0 Å². The molecule has 0 aliphatic rings. The van der Waals surface area contributed by atoms with Crippen molar-refractivity contribution < 1.29 is 8.42 Å². The van der Waals surface area contributed by atoms with Gasteiger partial charge in [0, 0.05) is 27.5 Å². The lowest BCUT2D eigenvalue weighted by atomic mass is 10.3. The van der Waals surface area contributed by atoms with Crippen LogP contribution in [0.2, 0.25) is 5.15 Å². The number of thiophene rings is 1. The molecule has 0 bridgehead atoms. The number of aryl methyl sites for hydroxylation is 1. The fraction of sp³-hybridized carbons (Fsp3) is 0.308.